The summed E-state index contributed by atoms with van der Waals surface area (Å²) >= 11 is 0. The standard InChI is InChI=1S/C23H35N3O7S/c1-30-20-6-5-18(21(16-20)31-2)7-10-24-22(27)19-4-3-11-26(17-19)34(28,29)25-12-8-23(9-13-25)32-14-15-33-23/h5-6,16,19H,3-4,7-15,17H2,1-2H3,(H,24,27). The average Bonchev–Trinajstić information content (AvgIpc) is 3.32. The van der Waals surface area contributed by atoms with Crippen molar-refractivity contribution >= 4 is 16.1 Å². The molecule has 3 fully saturated rings. The number of amides is 1. The van der Waals surface area contributed by atoms with E-state index < -0.39 is 16.0 Å². The first-order valence-corrected chi connectivity index (χ1v) is 13.3. The summed E-state index contributed by atoms with van der Waals surface area (Å²) in [4.78, 5) is 12.8. The van der Waals surface area contributed by atoms with Crippen LogP contribution in [0.25, 0.3) is 0 Å². The van der Waals surface area contributed by atoms with Crippen LogP contribution in [0.4, 0.5) is 0 Å². The van der Waals surface area contributed by atoms with Gasteiger partial charge in [0.25, 0.3) is 10.2 Å². The predicted octanol–water partition coefficient (Wildman–Crippen LogP) is 1.16. The van der Waals surface area contributed by atoms with Crippen molar-refractivity contribution in [2.24, 2.45) is 5.92 Å². The van der Waals surface area contributed by atoms with Gasteiger partial charge in [-0.15, -0.1) is 0 Å². The fraction of sp³-hybridized carbons (Fsp3) is 0.696. The third kappa shape index (κ3) is 5.49. The van der Waals surface area contributed by atoms with Gasteiger partial charge >= 0.3 is 0 Å². The van der Waals surface area contributed by atoms with E-state index in [1.165, 1.54) is 8.61 Å². The van der Waals surface area contributed by atoms with Crippen LogP contribution in [-0.2, 0) is 30.9 Å². The third-order valence-corrected chi connectivity index (χ3v) is 8.90. The van der Waals surface area contributed by atoms with E-state index >= 15 is 0 Å². The number of carbonyl (C=O) groups is 1. The van der Waals surface area contributed by atoms with Crippen LogP contribution in [-0.4, -0.2) is 88.9 Å². The van der Waals surface area contributed by atoms with Gasteiger partial charge < -0.3 is 24.3 Å². The molecule has 1 amide bonds. The summed E-state index contributed by atoms with van der Waals surface area (Å²) in [7, 11) is -0.429. The molecule has 1 atom stereocenters. The van der Waals surface area contributed by atoms with Crippen LogP contribution in [0.2, 0.25) is 0 Å². The molecule has 1 aromatic carbocycles. The summed E-state index contributed by atoms with van der Waals surface area (Å²) in [6.45, 7) is 2.91. The SMILES string of the molecule is COc1ccc(CCNC(=O)C2CCCN(S(=O)(=O)N3CCC4(CC3)OCCO4)C2)c(OC)c1. The van der Waals surface area contributed by atoms with E-state index in [-0.39, 0.29) is 18.4 Å². The molecule has 0 radical (unpaired) electrons. The highest BCUT2D eigenvalue weighted by Crippen LogP contribution is 2.33. The van der Waals surface area contributed by atoms with Gasteiger partial charge in [0, 0.05) is 51.6 Å². The number of carbonyl (C=O) groups excluding carboxylic acids is 1. The molecule has 1 aromatic rings. The van der Waals surface area contributed by atoms with Crippen molar-refractivity contribution in [1.82, 2.24) is 13.9 Å². The van der Waals surface area contributed by atoms with Gasteiger partial charge in [0.05, 0.1) is 33.4 Å². The normalized spacial score (nSPS) is 23.6. The first-order valence-electron chi connectivity index (χ1n) is 11.9. The Bertz CT molecular complexity index is 955. The van der Waals surface area contributed by atoms with Crippen molar-refractivity contribution in [1.29, 1.82) is 0 Å². The van der Waals surface area contributed by atoms with Crippen LogP contribution in [0.3, 0.4) is 0 Å². The molecular formula is C23H35N3O7S. The fourth-order valence-electron chi connectivity index (χ4n) is 4.90. The van der Waals surface area contributed by atoms with Gasteiger partial charge in [0.1, 0.15) is 11.5 Å². The molecule has 0 saturated carbocycles. The third-order valence-electron chi connectivity index (χ3n) is 6.89. The number of methoxy groups -OCH3 is 2. The van der Waals surface area contributed by atoms with Crippen molar-refractivity contribution in [2.75, 3.05) is 60.2 Å². The topological polar surface area (TPSA) is 107 Å². The molecule has 0 aliphatic carbocycles. The number of nitrogens with one attached hydrogen (secondary N) is 1. The van der Waals surface area contributed by atoms with E-state index in [0.29, 0.717) is 83.0 Å². The van der Waals surface area contributed by atoms with Crippen molar-refractivity contribution in [2.45, 2.75) is 37.9 Å². The molecule has 1 unspecified atom stereocenters. The Balaban J connectivity index is 1.29. The predicted molar refractivity (Wildman–Crippen MR) is 125 cm³/mol. The van der Waals surface area contributed by atoms with Crippen molar-refractivity contribution < 1.29 is 32.2 Å². The lowest BCUT2D eigenvalue weighted by atomic mass is 9.98. The molecule has 3 heterocycles. The van der Waals surface area contributed by atoms with E-state index in [9.17, 15) is 13.2 Å². The van der Waals surface area contributed by atoms with Gasteiger partial charge in [-0.05, 0) is 30.9 Å². The second-order valence-electron chi connectivity index (χ2n) is 8.93. The highest BCUT2D eigenvalue weighted by Gasteiger charge is 2.44. The molecule has 3 saturated heterocycles. The summed E-state index contributed by atoms with van der Waals surface area (Å²) in [5, 5.41) is 2.97. The Morgan fingerprint density at radius 3 is 2.53 bits per heavy atom. The number of piperidine rings is 2. The summed E-state index contributed by atoms with van der Waals surface area (Å²) in [6, 6.07) is 5.59. The van der Waals surface area contributed by atoms with Crippen molar-refractivity contribution in [3.63, 3.8) is 0 Å². The van der Waals surface area contributed by atoms with Crippen molar-refractivity contribution in [3.05, 3.63) is 23.8 Å². The Hall–Kier alpha value is -1.92. The van der Waals surface area contributed by atoms with Crippen LogP contribution in [0.5, 0.6) is 11.5 Å². The van der Waals surface area contributed by atoms with E-state index in [2.05, 4.69) is 5.32 Å². The number of nitrogens with zero attached hydrogens (tertiary/aromatic N) is 2. The quantitative estimate of drug-likeness (QED) is 0.574. The molecule has 1 N–H and O–H groups in total. The molecule has 4 rings (SSSR count). The van der Waals surface area contributed by atoms with Gasteiger partial charge in [-0.3, -0.25) is 4.79 Å². The summed E-state index contributed by atoms with van der Waals surface area (Å²) < 4.78 is 51.5. The van der Waals surface area contributed by atoms with Gasteiger partial charge in [-0.25, -0.2) is 0 Å². The maximum absolute atomic E-state index is 13.2. The Kier molecular flexibility index (Phi) is 7.98. The first kappa shape index (κ1) is 25.2. The molecule has 3 aliphatic heterocycles. The molecular weight excluding hydrogens is 462 g/mol. The molecule has 34 heavy (non-hydrogen) atoms. The first-order chi connectivity index (χ1) is 16.4. The van der Waals surface area contributed by atoms with Gasteiger partial charge in [0.15, 0.2) is 5.79 Å². The van der Waals surface area contributed by atoms with Gasteiger partial charge in [0.2, 0.25) is 5.91 Å². The second-order valence-corrected chi connectivity index (χ2v) is 10.9. The minimum Gasteiger partial charge on any atom is -0.497 e. The number of benzene rings is 1. The Morgan fingerprint density at radius 2 is 1.85 bits per heavy atom. The number of rotatable bonds is 8. The summed E-state index contributed by atoms with van der Waals surface area (Å²) in [5.74, 6) is 0.320. The highest BCUT2D eigenvalue weighted by atomic mass is 32.2. The van der Waals surface area contributed by atoms with Gasteiger partial charge in [-0.1, -0.05) is 6.07 Å². The van der Waals surface area contributed by atoms with E-state index in [0.717, 1.165) is 5.56 Å². The van der Waals surface area contributed by atoms with E-state index in [1.54, 1.807) is 14.2 Å². The van der Waals surface area contributed by atoms with Gasteiger partial charge in [-0.2, -0.15) is 17.0 Å². The Labute approximate surface area is 201 Å². The van der Waals surface area contributed by atoms with E-state index in [4.69, 9.17) is 18.9 Å². The van der Waals surface area contributed by atoms with Crippen LogP contribution >= 0.6 is 0 Å². The molecule has 10 nitrogen and oxygen atoms in total. The average molecular weight is 498 g/mol. The molecule has 0 aromatic heterocycles. The van der Waals surface area contributed by atoms with Crippen LogP contribution in [0.1, 0.15) is 31.2 Å². The minimum absolute atomic E-state index is 0.113. The lowest BCUT2D eigenvalue weighted by Crippen LogP contribution is -2.54. The molecule has 1 spiro atoms. The fourth-order valence-corrected chi connectivity index (χ4v) is 6.59. The van der Waals surface area contributed by atoms with Crippen LogP contribution in [0, 0.1) is 5.92 Å². The zero-order chi connectivity index (χ0) is 24.2. The molecule has 11 heteroatoms. The van der Waals surface area contributed by atoms with Crippen LogP contribution in [0.15, 0.2) is 18.2 Å². The number of hydrogen-bond acceptors (Lipinski definition) is 7. The lowest BCUT2D eigenvalue weighted by molar-refractivity contribution is -0.179. The molecule has 190 valence electrons. The smallest absolute Gasteiger partial charge is 0.282 e. The number of hydrogen-bond donors (Lipinski definition) is 1. The monoisotopic (exact) mass is 497 g/mol. The van der Waals surface area contributed by atoms with E-state index in [1.807, 2.05) is 18.2 Å². The zero-order valence-corrected chi connectivity index (χ0v) is 20.8. The number of ether oxygens (including phenoxy) is 4. The summed E-state index contributed by atoms with van der Waals surface area (Å²) in [5.41, 5.74) is 0.967. The summed E-state index contributed by atoms with van der Waals surface area (Å²) in [6.07, 6.45) is 2.99. The van der Waals surface area contributed by atoms with Crippen LogP contribution < -0.4 is 14.8 Å². The van der Waals surface area contributed by atoms with Crippen molar-refractivity contribution in [3.8, 4) is 11.5 Å². The molecule has 3 aliphatic rings. The minimum atomic E-state index is -3.63. The lowest BCUT2D eigenvalue weighted by Gasteiger charge is -2.40. The Morgan fingerprint density at radius 1 is 1.12 bits per heavy atom. The second kappa shape index (κ2) is 10.8. The zero-order valence-electron chi connectivity index (χ0n) is 20.0. The maximum Gasteiger partial charge on any atom is 0.282 e. The maximum atomic E-state index is 13.2. The molecule has 0 bridgehead atoms. The largest absolute Gasteiger partial charge is 0.497 e. The highest BCUT2D eigenvalue weighted by molar-refractivity contribution is 7.86.